The molecule has 156 valence electrons. The Kier molecular flexibility index (Phi) is 8.26. The van der Waals surface area contributed by atoms with E-state index in [1.807, 2.05) is 6.07 Å². The van der Waals surface area contributed by atoms with Gasteiger partial charge in [-0.1, -0.05) is 0 Å². The zero-order chi connectivity index (χ0) is 22.1. The first-order valence-corrected chi connectivity index (χ1v) is 9.61. The molecule has 2 aromatic carbocycles. The van der Waals surface area contributed by atoms with Gasteiger partial charge in [0.25, 0.3) is 11.8 Å². The quantitative estimate of drug-likeness (QED) is 0.425. The highest BCUT2D eigenvalue weighted by Crippen LogP contribution is 2.37. The molecule has 0 spiro atoms. The summed E-state index contributed by atoms with van der Waals surface area (Å²) < 4.78 is 16.5. The van der Waals surface area contributed by atoms with Crippen molar-refractivity contribution in [3.63, 3.8) is 0 Å². The molecule has 0 atom stereocenters. The third-order valence-corrected chi connectivity index (χ3v) is 4.30. The second-order valence-corrected chi connectivity index (χ2v) is 6.72. The van der Waals surface area contributed by atoms with E-state index in [1.54, 1.807) is 50.4 Å². The number of nitrogens with one attached hydrogen (secondary N) is 1. The van der Waals surface area contributed by atoms with Crippen molar-refractivity contribution in [2.45, 2.75) is 6.92 Å². The Morgan fingerprint density at radius 1 is 1.23 bits per heavy atom. The number of halogens is 1. The van der Waals surface area contributed by atoms with Crippen LogP contribution in [0.1, 0.15) is 12.5 Å². The summed E-state index contributed by atoms with van der Waals surface area (Å²) in [7, 11) is 1.54. The molecule has 0 saturated heterocycles. The standard InChI is InChI=1S/C21H20BrN3O5/c1-3-29-18-10-13(9-17(22)20(18)30-12-19(24)26)8-14(11-23)21(27)25-15-4-6-16(28-2)7-5-15/h4-10H,3,12H2,1-2H3,(H2,24,26)(H,25,27)/b14-8+. The van der Waals surface area contributed by atoms with E-state index in [-0.39, 0.29) is 12.2 Å². The smallest absolute Gasteiger partial charge is 0.266 e. The highest BCUT2D eigenvalue weighted by atomic mass is 79.9. The molecule has 2 aromatic rings. The van der Waals surface area contributed by atoms with Crippen molar-refractivity contribution in [1.82, 2.24) is 0 Å². The van der Waals surface area contributed by atoms with E-state index in [4.69, 9.17) is 19.9 Å². The minimum absolute atomic E-state index is 0.106. The van der Waals surface area contributed by atoms with E-state index in [9.17, 15) is 14.9 Å². The second-order valence-electron chi connectivity index (χ2n) is 5.87. The molecule has 0 aliphatic heterocycles. The first-order valence-electron chi connectivity index (χ1n) is 8.82. The number of nitrogens with two attached hydrogens (primary N) is 1. The SMILES string of the molecule is CCOc1cc(/C=C(\C#N)C(=O)Nc2ccc(OC)cc2)cc(Br)c1OCC(N)=O. The maximum Gasteiger partial charge on any atom is 0.266 e. The molecule has 0 saturated carbocycles. The van der Waals surface area contributed by atoms with E-state index >= 15 is 0 Å². The average molecular weight is 474 g/mol. The zero-order valence-corrected chi connectivity index (χ0v) is 18.0. The van der Waals surface area contributed by atoms with Crippen molar-refractivity contribution in [2.75, 3.05) is 25.6 Å². The monoisotopic (exact) mass is 473 g/mol. The molecule has 2 amide bonds. The van der Waals surface area contributed by atoms with Gasteiger partial charge in [0.2, 0.25) is 0 Å². The summed E-state index contributed by atoms with van der Waals surface area (Å²) in [5.74, 6) is 0.0957. The van der Waals surface area contributed by atoms with Crippen LogP contribution in [-0.4, -0.2) is 32.1 Å². The molecule has 0 aromatic heterocycles. The Balaban J connectivity index is 2.29. The number of benzene rings is 2. The Morgan fingerprint density at radius 3 is 2.50 bits per heavy atom. The zero-order valence-electron chi connectivity index (χ0n) is 16.4. The predicted molar refractivity (Wildman–Crippen MR) is 115 cm³/mol. The molecule has 8 nitrogen and oxygen atoms in total. The van der Waals surface area contributed by atoms with E-state index in [0.29, 0.717) is 39.6 Å². The molecule has 0 radical (unpaired) electrons. The molecule has 30 heavy (non-hydrogen) atoms. The van der Waals surface area contributed by atoms with Gasteiger partial charge in [0.1, 0.15) is 17.4 Å². The van der Waals surface area contributed by atoms with E-state index in [0.717, 1.165) is 0 Å². The number of hydrogen-bond donors (Lipinski definition) is 2. The van der Waals surface area contributed by atoms with Crippen molar-refractivity contribution in [2.24, 2.45) is 5.73 Å². The third kappa shape index (κ3) is 6.25. The lowest BCUT2D eigenvalue weighted by Gasteiger charge is -2.14. The van der Waals surface area contributed by atoms with Crippen molar-refractivity contribution >= 4 is 39.5 Å². The normalized spacial score (nSPS) is 10.7. The molecule has 9 heteroatoms. The number of ether oxygens (including phenoxy) is 3. The highest BCUT2D eigenvalue weighted by Gasteiger charge is 2.15. The predicted octanol–water partition coefficient (Wildman–Crippen LogP) is 3.27. The average Bonchev–Trinajstić information content (AvgIpc) is 2.72. The molecule has 0 heterocycles. The number of amides is 2. The molecular weight excluding hydrogens is 454 g/mol. The van der Waals surface area contributed by atoms with Crippen molar-refractivity contribution < 1.29 is 23.8 Å². The number of rotatable bonds is 9. The molecular formula is C21H20BrN3O5. The number of nitrogens with zero attached hydrogens (tertiary/aromatic N) is 1. The largest absolute Gasteiger partial charge is 0.497 e. The highest BCUT2D eigenvalue weighted by molar-refractivity contribution is 9.10. The van der Waals surface area contributed by atoms with Gasteiger partial charge in [0, 0.05) is 5.69 Å². The van der Waals surface area contributed by atoms with Crippen LogP contribution in [0.2, 0.25) is 0 Å². The minimum Gasteiger partial charge on any atom is -0.497 e. The lowest BCUT2D eigenvalue weighted by molar-refractivity contribution is -0.120. The van der Waals surface area contributed by atoms with Crippen molar-refractivity contribution in [1.29, 1.82) is 5.26 Å². The summed E-state index contributed by atoms with van der Waals surface area (Å²) in [5.41, 5.74) is 6.07. The van der Waals surface area contributed by atoms with Gasteiger partial charge in [-0.2, -0.15) is 5.26 Å². The summed E-state index contributed by atoms with van der Waals surface area (Å²) in [4.78, 5) is 23.5. The van der Waals surface area contributed by atoms with E-state index < -0.39 is 11.8 Å². The topological polar surface area (TPSA) is 124 Å². The minimum atomic E-state index is -0.629. The fourth-order valence-corrected chi connectivity index (χ4v) is 2.98. The number of anilines is 1. The maximum absolute atomic E-state index is 12.5. The number of hydrogen-bond acceptors (Lipinski definition) is 6. The van der Waals surface area contributed by atoms with Crippen LogP contribution in [0.5, 0.6) is 17.2 Å². The molecule has 0 bridgehead atoms. The van der Waals surface area contributed by atoms with Crippen LogP contribution in [0.25, 0.3) is 6.08 Å². The number of carbonyl (C=O) groups is 2. The number of nitriles is 1. The Labute approximate surface area is 182 Å². The summed E-state index contributed by atoms with van der Waals surface area (Å²) in [6, 6.07) is 11.9. The van der Waals surface area contributed by atoms with Crippen LogP contribution >= 0.6 is 15.9 Å². The molecule has 0 fully saturated rings. The van der Waals surface area contributed by atoms with Crippen LogP contribution < -0.4 is 25.3 Å². The van der Waals surface area contributed by atoms with Crippen LogP contribution in [0.3, 0.4) is 0 Å². The van der Waals surface area contributed by atoms with Crippen LogP contribution in [0.15, 0.2) is 46.4 Å². The fraction of sp³-hybridized carbons (Fsp3) is 0.190. The second kappa shape index (κ2) is 10.9. The van der Waals surface area contributed by atoms with Gasteiger partial charge in [-0.15, -0.1) is 0 Å². The van der Waals surface area contributed by atoms with Gasteiger partial charge in [0.05, 0.1) is 18.2 Å². The van der Waals surface area contributed by atoms with Crippen molar-refractivity contribution in [3.05, 3.63) is 52.0 Å². The third-order valence-electron chi connectivity index (χ3n) is 3.71. The lowest BCUT2D eigenvalue weighted by Crippen LogP contribution is -2.20. The van der Waals surface area contributed by atoms with Gasteiger partial charge in [-0.3, -0.25) is 9.59 Å². The first-order chi connectivity index (χ1) is 14.4. The van der Waals surface area contributed by atoms with Crippen LogP contribution in [-0.2, 0) is 9.59 Å². The fourth-order valence-electron chi connectivity index (χ4n) is 2.41. The Morgan fingerprint density at radius 2 is 1.93 bits per heavy atom. The van der Waals surface area contributed by atoms with Gasteiger partial charge < -0.3 is 25.3 Å². The number of carbonyl (C=O) groups excluding carboxylic acids is 2. The molecule has 0 aliphatic carbocycles. The number of methoxy groups -OCH3 is 1. The number of primary amides is 1. The van der Waals surface area contributed by atoms with Crippen LogP contribution in [0, 0.1) is 11.3 Å². The first kappa shape index (κ1) is 22.8. The molecule has 2 rings (SSSR count). The molecule has 0 aliphatic rings. The Bertz CT molecular complexity index is 997. The van der Waals surface area contributed by atoms with Gasteiger partial charge in [-0.25, -0.2) is 0 Å². The van der Waals surface area contributed by atoms with Crippen molar-refractivity contribution in [3.8, 4) is 23.3 Å². The van der Waals surface area contributed by atoms with E-state index in [2.05, 4.69) is 21.2 Å². The van der Waals surface area contributed by atoms with Gasteiger partial charge in [-0.05, 0) is 70.9 Å². The summed E-state index contributed by atoms with van der Waals surface area (Å²) >= 11 is 3.35. The Hall–Kier alpha value is -3.51. The molecule has 0 unspecified atom stereocenters. The summed E-state index contributed by atoms with van der Waals surface area (Å²) in [6.45, 7) is 1.81. The lowest BCUT2D eigenvalue weighted by atomic mass is 10.1. The maximum atomic E-state index is 12.5. The van der Waals surface area contributed by atoms with Gasteiger partial charge >= 0.3 is 0 Å². The van der Waals surface area contributed by atoms with E-state index in [1.165, 1.54) is 6.08 Å². The summed E-state index contributed by atoms with van der Waals surface area (Å²) in [6.07, 6.45) is 1.42. The summed E-state index contributed by atoms with van der Waals surface area (Å²) in [5, 5.41) is 12.1. The van der Waals surface area contributed by atoms with Gasteiger partial charge in [0.15, 0.2) is 18.1 Å². The molecule has 3 N–H and O–H groups in total. The van der Waals surface area contributed by atoms with Crippen LogP contribution in [0.4, 0.5) is 5.69 Å².